The number of halogens is 1. The summed E-state index contributed by atoms with van der Waals surface area (Å²) in [7, 11) is 1.84. The summed E-state index contributed by atoms with van der Waals surface area (Å²) in [5, 5.41) is 8.73. The van der Waals surface area contributed by atoms with Gasteiger partial charge in [0, 0.05) is 19.4 Å². The van der Waals surface area contributed by atoms with E-state index in [1.807, 2.05) is 19.3 Å². The van der Waals surface area contributed by atoms with Crippen LogP contribution in [0.1, 0.15) is 0 Å². The Labute approximate surface area is 117 Å². The maximum Gasteiger partial charge on any atom is 0.226 e. The molecule has 0 aromatic carbocycles. The maximum absolute atomic E-state index is 6.14. The minimum Gasteiger partial charge on any atom is -0.275 e. The van der Waals surface area contributed by atoms with Gasteiger partial charge in [0.1, 0.15) is 5.52 Å². The van der Waals surface area contributed by atoms with E-state index in [4.69, 9.17) is 11.6 Å². The van der Waals surface area contributed by atoms with Crippen LogP contribution in [0.4, 0.5) is 0 Å². The second-order valence-corrected chi connectivity index (χ2v) is 4.66. The Morgan fingerprint density at radius 2 is 2.15 bits per heavy atom. The van der Waals surface area contributed by atoms with Gasteiger partial charge in [0.15, 0.2) is 11.5 Å². The van der Waals surface area contributed by atoms with Gasteiger partial charge in [-0.15, -0.1) is 5.10 Å². The van der Waals surface area contributed by atoms with Gasteiger partial charge in [0.05, 0.1) is 17.3 Å². The lowest BCUT2D eigenvalue weighted by Crippen LogP contribution is -1.95. The van der Waals surface area contributed by atoms with Gasteiger partial charge in [0.25, 0.3) is 0 Å². The molecule has 7 nitrogen and oxygen atoms in total. The molecule has 0 N–H and O–H groups in total. The first-order chi connectivity index (χ1) is 9.72. The molecule has 0 bridgehead atoms. The Hall–Kier alpha value is -2.54. The predicted molar refractivity (Wildman–Crippen MR) is 73.3 cm³/mol. The molecule has 0 amide bonds. The molecule has 4 aromatic heterocycles. The van der Waals surface area contributed by atoms with Crippen molar-refractivity contribution >= 4 is 28.3 Å². The highest BCUT2D eigenvalue weighted by Gasteiger charge is 2.14. The van der Waals surface area contributed by atoms with Crippen molar-refractivity contribution in [3.8, 4) is 11.4 Å². The van der Waals surface area contributed by atoms with E-state index in [0.717, 1.165) is 5.56 Å². The number of hydrogen-bond acceptors (Lipinski definition) is 5. The number of nitrogens with zero attached hydrogens (tertiary/aromatic N) is 7. The van der Waals surface area contributed by atoms with Crippen LogP contribution in [0.5, 0.6) is 0 Å². The monoisotopic (exact) mass is 285 g/mol. The molecule has 4 aromatic rings. The third kappa shape index (κ3) is 1.56. The van der Waals surface area contributed by atoms with Gasteiger partial charge in [-0.3, -0.25) is 9.67 Å². The SMILES string of the molecule is Cn1cc(-c2nc3c4ncccc4nc(Cl)n3n2)cn1. The van der Waals surface area contributed by atoms with E-state index in [1.54, 1.807) is 23.1 Å². The fourth-order valence-electron chi connectivity index (χ4n) is 2.06. The van der Waals surface area contributed by atoms with Gasteiger partial charge in [-0.05, 0) is 23.7 Å². The van der Waals surface area contributed by atoms with Crippen molar-refractivity contribution in [2.24, 2.45) is 7.05 Å². The molecular formula is C12H8ClN7. The summed E-state index contributed by atoms with van der Waals surface area (Å²) in [6.45, 7) is 0. The predicted octanol–water partition coefficient (Wildman–Crippen LogP) is 1.73. The van der Waals surface area contributed by atoms with E-state index in [0.29, 0.717) is 22.5 Å². The van der Waals surface area contributed by atoms with E-state index < -0.39 is 0 Å². The summed E-state index contributed by atoms with van der Waals surface area (Å²) >= 11 is 6.14. The Kier molecular flexibility index (Phi) is 2.25. The van der Waals surface area contributed by atoms with Crippen molar-refractivity contribution in [2.75, 3.05) is 0 Å². The molecule has 0 atom stereocenters. The first-order valence-corrected chi connectivity index (χ1v) is 6.26. The number of pyridine rings is 1. The van der Waals surface area contributed by atoms with Crippen molar-refractivity contribution in [3.05, 3.63) is 36.0 Å². The second-order valence-electron chi connectivity index (χ2n) is 4.33. The Morgan fingerprint density at radius 3 is 2.95 bits per heavy atom. The van der Waals surface area contributed by atoms with Crippen molar-refractivity contribution in [3.63, 3.8) is 0 Å². The van der Waals surface area contributed by atoms with Crippen LogP contribution in [0.25, 0.3) is 28.1 Å². The van der Waals surface area contributed by atoms with Crippen LogP contribution in [-0.2, 0) is 7.05 Å². The molecule has 8 heteroatoms. The molecule has 4 heterocycles. The van der Waals surface area contributed by atoms with Gasteiger partial charge in [-0.25, -0.2) is 9.97 Å². The topological polar surface area (TPSA) is 73.8 Å². The molecule has 0 aliphatic heterocycles. The molecule has 0 fully saturated rings. The molecule has 0 unspecified atom stereocenters. The number of aryl methyl sites for hydroxylation is 1. The zero-order chi connectivity index (χ0) is 13.7. The van der Waals surface area contributed by atoms with Crippen LogP contribution < -0.4 is 0 Å². The zero-order valence-corrected chi connectivity index (χ0v) is 11.2. The standard InChI is InChI=1S/C12H8ClN7/c1-19-6-7(5-15-19)10-17-11-9-8(3-2-4-14-9)16-12(13)20(11)18-10/h2-6H,1H3. The van der Waals surface area contributed by atoms with E-state index >= 15 is 0 Å². The zero-order valence-electron chi connectivity index (χ0n) is 10.4. The van der Waals surface area contributed by atoms with E-state index in [2.05, 4.69) is 25.1 Å². The summed E-state index contributed by atoms with van der Waals surface area (Å²) < 4.78 is 3.18. The first-order valence-electron chi connectivity index (χ1n) is 5.88. The molecule has 0 saturated carbocycles. The molecule has 20 heavy (non-hydrogen) atoms. The fraction of sp³-hybridized carbons (Fsp3) is 0.0833. The van der Waals surface area contributed by atoms with E-state index in [-0.39, 0.29) is 5.28 Å². The third-order valence-corrected chi connectivity index (χ3v) is 3.20. The van der Waals surface area contributed by atoms with Gasteiger partial charge < -0.3 is 0 Å². The lowest BCUT2D eigenvalue weighted by atomic mass is 10.3. The summed E-state index contributed by atoms with van der Waals surface area (Å²) in [5.41, 5.74) is 2.76. The molecular weight excluding hydrogens is 278 g/mol. The van der Waals surface area contributed by atoms with E-state index in [1.165, 1.54) is 4.52 Å². The molecule has 0 aliphatic rings. The summed E-state index contributed by atoms with van der Waals surface area (Å²) in [6, 6.07) is 3.65. The fourth-order valence-corrected chi connectivity index (χ4v) is 2.27. The number of fused-ring (bicyclic) bond motifs is 3. The Morgan fingerprint density at radius 1 is 1.25 bits per heavy atom. The van der Waals surface area contributed by atoms with Crippen LogP contribution >= 0.6 is 11.6 Å². The lowest BCUT2D eigenvalue weighted by Gasteiger charge is -1.98. The molecule has 98 valence electrons. The van der Waals surface area contributed by atoms with Crippen LogP contribution in [0.15, 0.2) is 30.7 Å². The summed E-state index contributed by atoms with van der Waals surface area (Å²) in [6.07, 6.45) is 5.23. The molecule has 0 saturated heterocycles. The second kappa shape index (κ2) is 3.97. The van der Waals surface area contributed by atoms with Gasteiger partial charge >= 0.3 is 0 Å². The quantitative estimate of drug-likeness (QED) is 0.498. The lowest BCUT2D eigenvalue weighted by molar-refractivity contribution is 0.768. The van der Waals surface area contributed by atoms with Crippen LogP contribution in [0.2, 0.25) is 5.28 Å². The average molecular weight is 286 g/mol. The highest BCUT2D eigenvalue weighted by molar-refractivity contribution is 6.29. The highest BCUT2D eigenvalue weighted by atomic mass is 35.5. The van der Waals surface area contributed by atoms with Crippen molar-refractivity contribution in [1.29, 1.82) is 0 Å². The van der Waals surface area contributed by atoms with Gasteiger partial charge in [-0.2, -0.15) is 9.61 Å². The summed E-state index contributed by atoms with van der Waals surface area (Å²) in [4.78, 5) is 13.1. The van der Waals surface area contributed by atoms with Crippen molar-refractivity contribution in [2.45, 2.75) is 0 Å². The normalized spacial score (nSPS) is 11.5. The largest absolute Gasteiger partial charge is 0.275 e. The first kappa shape index (κ1) is 11.3. The third-order valence-electron chi connectivity index (χ3n) is 2.96. The molecule has 0 spiro atoms. The molecule has 4 rings (SSSR count). The maximum atomic E-state index is 6.14. The minimum atomic E-state index is 0.253. The Balaban J connectivity index is 2.07. The van der Waals surface area contributed by atoms with E-state index in [9.17, 15) is 0 Å². The van der Waals surface area contributed by atoms with Crippen LogP contribution in [0.3, 0.4) is 0 Å². The minimum absolute atomic E-state index is 0.253. The van der Waals surface area contributed by atoms with Crippen LogP contribution in [-0.4, -0.2) is 34.3 Å². The van der Waals surface area contributed by atoms with Crippen LogP contribution in [0, 0.1) is 0 Å². The van der Waals surface area contributed by atoms with Crippen molar-refractivity contribution in [1.82, 2.24) is 34.3 Å². The van der Waals surface area contributed by atoms with Crippen molar-refractivity contribution < 1.29 is 0 Å². The number of rotatable bonds is 1. The number of hydrogen-bond donors (Lipinski definition) is 0. The van der Waals surface area contributed by atoms with Gasteiger partial charge in [-0.1, -0.05) is 0 Å². The molecule has 0 radical (unpaired) electrons. The highest BCUT2D eigenvalue weighted by Crippen LogP contribution is 2.22. The number of aromatic nitrogens is 7. The Bertz CT molecular complexity index is 939. The summed E-state index contributed by atoms with van der Waals surface area (Å²) in [5.74, 6) is 0.542. The average Bonchev–Trinajstić information content (AvgIpc) is 3.05. The smallest absolute Gasteiger partial charge is 0.226 e. The van der Waals surface area contributed by atoms with Gasteiger partial charge in [0.2, 0.25) is 5.28 Å². The molecule has 0 aliphatic carbocycles.